The molecule has 6 nitrogen and oxygen atoms in total. The number of likely N-dealkylation sites (tertiary alicyclic amines) is 1. The van der Waals surface area contributed by atoms with Gasteiger partial charge in [0.2, 0.25) is 5.91 Å². The number of benzene rings is 1. The summed E-state index contributed by atoms with van der Waals surface area (Å²) in [5, 5.41) is 3.98. The zero-order valence-corrected chi connectivity index (χ0v) is 15.9. The topological polar surface area (TPSA) is 72.1 Å². The average Bonchev–Trinajstić information content (AvgIpc) is 3.30. The predicted molar refractivity (Wildman–Crippen MR) is 101 cm³/mol. The number of amides is 1. The van der Waals surface area contributed by atoms with Crippen LogP contribution in [0.15, 0.2) is 41.2 Å². The summed E-state index contributed by atoms with van der Waals surface area (Å²) < 4.78 is 18.3. The van der Waals surface area contributed by atoms with Crippen molar-refractivity contribution < 1.29 is 13.7 Å². The second-order valence-electron chi connectivity index (χ2n) is 7.08. The normalized spacial score (nSPS) is 16.5. The molecule has 7 heteroatoms. The number of hydrogen-bond acceptors (Lipinski definition) is 5. The van der Waals surface area contributed by atoms with Crippen LogP contribution in [-0.4, -0.2) is 32.5 Å². The fraction of sp³-hybridized carbons (Fsp3) is 0.333. The first-order chi connectivity index (χ1) is 13.5. The third kappa shape index (κ3) is 3.52. The van der Waals surface area contributed by atoms with Crippen molar-refractivity contribution in [3.05, 3.63) is 65.2 Å². The van der Waals surface area contributed by atoms with E-state index in [0.29, 0.717) is 18.0 Å². The largest absolute Gasteiger partial charge is 0.361 e. The molecule has 0 unspecified atom stereocenters. The number of nitrogens with zero attached hydrogens (tertiary/aromatic N) is 4. The summed E-state index contributed by atoms with van der Waals surface area (Å²) in [5.41, 5.74) is 3.87. The molecule has 1 saturated heterocycles. The number of carbonyl (C=O) groups is 1. The second kappa shape index (κ2) is 7.50. The zero-order valence-electron chi connectivity index (χ0n) is 15.9. The van der Waals surface area contributed by atoms with Gasteiger partial charge in [-0.05, 0) is 44.4 Å². The zero-order chi connectivity index (χ0) is 19.7. The summed E-state index contributed by atoms with van der Waals surface area (Å²) in [5.74, 6) is 0.403. The lowest BCUT2D eigenvalue weighted by atomic mass is 10.1. The Morgan fingerprint density at radius 1 is 1.25 bits per heavy atom. The minimum atomic E-state index is -0.304. The fourth-order valence-corrected chi connectivity index (χ4v) is 3.76. The second-order valence-corrected chi connectivity index (χ2v) is 7.08. The first-order valence-corrected chi connectivity index (χ1v) is 9.32. The molecule has 1 aliphatic heterocycles. The van der Waals surface area contributed by atoms with Crippen molar-refractivity contribution in [2.45, 2.75) is 39.2 Å². The SMILES string of the molecule is Cc1noc(C)c1-c1cncc([C@H]2CCCN2C(=O)Cc2ccc(F)cc2)n1. The Hall–Kier alpha value is -3.09. The highest BCUT2D eigenvalue weighted by Crippen LogP contribution is 2.33. The van der Waals surface area contributed by atoms with E-state index in [1.807, 2.05) is 18.7 Å². The molecule has 1 aromatic carbocycles. The van der Waals surface area contributed by atoms with Crippen LogP contribution < -0.4 is 0 Å². The van der Waals surface area contributed by atoms with E-state index in [1.165, 1.54) is 12.1 Å². The molecule has 1 fully saturated rings. The Labute approximate surface area is 162 Å². The monoisotopic (exact) mass is 380 g/mol. The van der Waals surface area contributed by atoms with Gasteiger partial charge in [-0.1, -0.05) is 17.3 Å². The van der Waals surface area contributed by atoms with Gasteiger partial charge >= 0.3 is 0 Å². The lowest BCUT2D eigenvalue weighted by Crippen LogP contribution is -2.32. The van der Waals surface area contributed by atoms with Gasteiger partial charge in [0, 0.05) is 6.54 Å². The smallest absolute Gasteiger partial charge is 0.227 e. The quantitative estimate of drug-likeness (QED) is 0.689. The van der Waals surface area contributed by atoms with Crippen LogP contribution in [0.3, 0.4) is 0 Å². The summed E-state index contributed by atoms with van der Waals surface area (Å²) >= 11 is 0. The first kappa shape index (κ1) is 18.3. The van der Waals surface area contributed by atoms with Crippen LogP contribution in [0.25, 0.3) is 11.3 Å². The van der Waals surface area contributed by atoms with Gasteiger partial charge in [0.1, 0.15) is 11.6 Å². The first-order valence-electron chi connectivity index (χ1n) is 9.32. The molecule has 144 valence electrons. The Morgan fingerprint density at radius 2 is 2.04 bits per heavy atom. The lowest BCUT2D eigenvalue weighted by molar-refractivity contribution is -0.131. The highest BCUT2D eigenvalue weighted by Gasteiger charge is 2.31. The van der Waals surface area contributed by atoms with E-state index in [-0.39, 0.29) is 24.2 Å². The van der Waals surface area contributed by atoms with Crippen molar-refractivity contribution in [3.8, 4) is 11.3 Å². The number of rotatable bonds is 4. The fourth-order valence-electron chi connectivity index (χ4n) is 3.76. The third-order valence-corrected chi connectivity index (χ3v) is 5.13. The van der Waals surface area contributed by atoms with Gasteiger partial charge in [0.15, 0.2) is 0 Å². The summed E-state index contributed by atoms with van der Waals surface area (Å²) in [4.78, 5) is 23.8. The van der Waals surface area contributed by atoms with E-state index in [4.69, 9.17) is 9.51 Å². The number of carbonyl (C=O) groups excluding carboxylic acids is 1. The molecule has 1 aliphatic rings. The minimum Gasteiger partial charge on any atom is -0.361 e. The molecule has 3 heterocycles. The Morgan fingerprint density at radius 3 is 2.75 bits per heavy atom. The van der Waals surface area contributed by atoms with Crippen molar-refractivity contribution in [2.75, 3.05) is 6.54 Å². The number of halogens is 1. The molecular formula is C21H21FN4O2. The molecule has 0 spiro atoms. The summed E-state index contributed by atoms with van der Waals surface area (Å²) in [6.45, 7) is 4.40. The maximum absolute atomic E-state index is 13.1. The molecular weight excluding hydrogens is 359 g/mol. The maximum Gasteiger partial charge on any atom is 0.227 e. The van der Waals surface area contributed by atoms with Gasteiger partial charge in [0.05, 0.1) is 47.5 Å². The summed E-state index contributed by atoms with van der Waals surface area (Å²) in [6.07, 6.45) is 5.41. The molecule has 0 radical (unpaired) electrons. The van der Waals surface area contributed by atoms with E-state index in [0.717, 1.165) is 35.4 Å². The molecule has 0 aliphatic carbocycles. The Kier molecular flexibility index (Phi) is 4.90. The lowest BCUT2D eigenvalue weighted by Gasteiger charge is -2.24. The van der Waals surface area contributed by atoms with Crippen molar-refractivity contribution in [2.24, 2.45) is 0 Å². The maximum atomic E-state index is 13.1. The van der Waals surface area contributed by atoms with Crippen LogP contribution in [-0.2, 0) is 11.2 Å². The molecule has 0 N–H and O–H groups in total. The van der Waals surface area contributed by atoms with Gasteiger partial charge < -0.3 is 9.42 Å². The van der Waals surface area contributed by atoms with Crippen LogP contribution in [0.5, 0.6) is 0 Å². The highest BCUT2D eigenvalue weighted by atomic mass is 19.1. The van der Waals surface area contributed by atoms with Gasteiger partial charge in [-0.2, -0.15) is 0 Å². The van der Waals surface area contributed by atoms with E-state index in [2.05, 4.69) is 10.1 Å². The highest BCUT2D eigenvalue weighted by molar-refractivity contribution is 5.79. The van der Waals surface area contributed by atoms with Gasteiger partial charge in [-0.25, -0.2) is 9.37 Å². The standard InChI is InChI=1S/C21H21FN4O2/c1-13-21(14(2)28-25-13)18-12-23-11-17(24-18)19-4-3-9-26(19)20(27)10-15-5-7-16(22)8-6-15/h5-8,11-12,19H,3-4,9-10H2,1-2H3/t19-/m1/s1. The number of aryl methyl sites for hydroxylation is 2. The van der Waals surface area contributed by atoms with Crippen LogP contribution in [0.1, 0.15) is 41.6 Å². The van der Waals surface area contributed by atoms with Gasteiger partial charge in [-0.15, -0.1) is 0 Å². The summed E-state index contributed by atoms with van der Waals surface area (Å²) in [6, 6.07) is 5.94. The molecule has 1 atom stereocenters. The predicted octanol–water partition coefficient (Wildman–Crippen LogP) is 3.79. The van der Waals surface area contributed by atoms with E-state index >= 15 is 0 Å². The van der Waals surface area contributed by atoms with Crippen LogP contribution in [0, 0.1) is 19.7 Å². The van der Waals surface area contributed by atoms with Crippen molar-refractivity contribution in [3.63, 3.8) is 0 Å². The molecule has 2 aromatic heterocycles. The molecule has 1 amide bonds. The van der Waals surface area contributed by atoms with Crippen LogP contribution in [0.2, 0.25) is 0 Å². The molecule has 3 aromatic rings. The minimum absolute atomic E-state index is 0.0126. The summed E-state index contributed by atoms with van der Waals surface area (Å²) in [7, 11) is 0. The van der Waals surface area contributed by atoms with E-state index in [9.17, 15) is 9.18 Å². The van der Waals surface area contributed by atoms with Crippen molar-refractivity contribution in [1.29, 1.82) is 0 Å². The van der Waals surface area contributed by atoms with E-state index < -0.39 is 0 Å². The van der Waals surface area contributed by atoms with Crippen molar-refractivity contribution >= 4 is 5.91 Å². The van der Waals surface area contributed by atoms with Crippen LogP contribution in [0.4, 0.5) is 4.39 Å². The molecule has 0 saturated carbocycles. The molecule has 0 bridgehead atoms. The number of hydrogen-bond donors (Lipinski definition) is 0. The van der Waals surface area contributed by atoms with Gasteiger partial charge in [0.25, 0.3) is 0 Å². The molecule has 28 heavy (non-hydrogen) atoms. The Bertz CT molecular complexity index is 980. The van der Waals surface area contributed by atoms with Crippen molar-refractivity contribution in [1.82, 2.24) is 20.0 Å². The Balaban J connectivity index is 1.57. The molecule has 4 rings (SSSR count). The third-order valence-electron chi connectivity index (χ3n) is 5.13. The van der Waals surface area contributed by atoms with Crippen LogP contribution >= 0.6 is 0 Å². The van der Waals surface area contributed by atoms with Gasteiger partial charge in [-0.3, -0.25) is 9.78 Å². The van der Waals surface area contributed by atoms with E-state index in [1.54, 1.807) is 24.5 Å². The number of aromatic nitrogens is 3. The average molecular weight is 380 g/mol.